The molecule has 1 heterocycles. The molecule has 0 bridgehead atoms. The maximum Gasteiger partial charge on any atom is 0.279 e. The molecule has 1 saturated heterocycles. The van der Waals surface area contributed by atoms with E-state index in [1.54, 1.807) is 0 Å². The molecule has 94 valence electrons. The maximum atomic E-state index is 11.9. The number of aliphatic hydroxyl groups excluding tert-OH is 1. The number of aliphatic hydroxyl groups is 1. The fraction of sp³-hybridized carbons (Fsp3) is 1.00. The lowest BCUT2D eigenvalue weighted by Gasteiger charge is -2.20. The van der Waals surface area contributed by atoms with Gasteiger partial charge in [0.1, 0.15) is 0 Å². The maximum absolute atomic E-state index is 11.9. The number of nitrogens with one attached hydrogen (secondary N) is 1. The van der Waals surface area contributed by atoms with Crippen LogP contribution in [-0.4, -0.2) is 43.1 Å². The van der Waals surface area contributed by atoms with Gasteiger partial charge < -0.3 is 5.11 Å². The summed E-state index contributed by atoms with van der Waals surface area (Å²) < 4.78 is 27.9. The van der Waals surface area contributed by atoms with Crippen molar-refractivity contribution in [3.8, 4) is 0 Å². The molecule has 16 heavy (non-hydrogen) atoms. The smallest absolute Gasteiger partial charge is 0.279 e. The van der Waals surface area contributed by atoms with Crippen LogP contribution < -0.4 is 4.72 Å². The van der Waals surface area contributed by atoms with Gasteiger partial charge in [-0.25, -0.2) is 0 Å². The molecule has 2 aliphatic rings. The van der Waals surface area contributed by atoms with Crippen molar-refractivity contribution < 1.29 is 13.5 Å². The largest absolute Gasteiger partial charge is 0.393 e. The number of fused-ring (bicyclic) bond motifs is 1. The first kappa shape index (κ1) is 12.3. The highest BCUT2D eigenvalue weighted by Gasteiger charge is 2.45. The quantitative estimate of drug-likeness (QED) is 0.734. The number of hydrogen-bond acceptors (Lipinski definition) is 3. The summed E-state index contributed by atoms with van der Waals surface area (Å²) in [5, 5.41) is 9.72. The number of nitrogens with zero attached hydrogens (tertiary/aromatic N) is 1. The van der Waals surface area contributed by atoms with E-state index < -0.39 is 10.2 Å². The standard InChI is InChI=1S/C10H20N2O3S/c1-7(2)11-16(14,15)12-5-8-3-4-10(13)9(8)6-12/h7-11,13H,3-6H2,1-2H3. The third-order valence-corrected chi connectivity index (χ3v) is 5.26. The average molecular weight is 248 g/mol. The van der Waals surface area contributed by atoms with Crippen LogP contribution in [0.1, 0.15) is 26.7 Å². The van der Waals surface area contributed by atoms with Crippen molar-refractivity contribution in [2.24, 2.45) is 11.8 Å². The van der Waals surface area contributed by atoms with Crippen LogP contribution in [0, 0.1) is 11.8 Å². The summed E-state index contributed by atoms with van der Waals surface area (Å²) in [4.78, 5) is 0. The molecular formula is C10H20N2O3S. The van der Waals surface area contributed by atoms with Crippen molar-refractivity contribution in [2.45, 2.75) is 38.8 Å². The predicted molar refractivity (Wildman–Crippen MR) is 61.0 cm³/mol. The molecule has 1 aliphatic carbocycles. The summed E-state index contributed by atoms with van der Waals surface area (Å²) in [5.74, 6) is 0.488. The van der Waals surface area contributed by atoms with Gasteiger partial charge in [-0.05, 0) is 32.6 Å². The highest BCUT2D eigenvalue weighted by atomic mass is 32.2. The molecule has 0 spiro atoms. The minimum Gasteiger partial charge on any atom is -0.393 e. The van der Waals surface area contributed by atoms with Gasteiger partial charge in [-0.3, -0.25) is 0 Å². The van der Waals surface area contributed by atoms with Crippen LogP contribution in [0.15, 0.2) is 0 Å². The molecule has 5 nitrogen and oxygen atoms in total. The SMILES string of the molecule is CC(C)NS(=O)(=O)N1CC2CCC(O)C2C1. The molecule has 0 aromatic heterocycles. The van der Waals surface area contributed by atoms with E-state index in [-0.39, 0.29) is 18.1 Å². The molecule has 2 rings (SSSR count). The zero-order chi connectivity index (χ0) is 11.9. The summed E-state index contributed by atoms with van der Waals surface area (Å²) in [7, 11) is -3.35. The van der Waals surface area contributed by atoms with Crippen molar-refractivity contribution in [3.63, 3.8) is 0 Å². The van der Waals surface area contributed by atoms with E-state index in [9.17, 15) is 13.5 Å². The Balaban J connectivity index is 2.04. The van der Waals surface area contributed by atoms with Crippen LogP contribution in [0.5, 0.6) is 0 Å². The van der Waals surface area contributed by atoms with Gasteiger partial charge in [0.05, 0.1) is 6.10 Å². The zero-order valence-electron chi connectivity index (χ0n) is 9.76. The first-order chi connectivity index (χ1) is 7.40. The second-order valence-electron chi connectivity index (χ2n) is 5.16. The third kappa shape index (κ3) is 2.25. The van der Waals surface area contributed by atoms with E-state index in [2.05, 4.69) is 4.72 Å². The van der Waals surface area contributed by atoms with Crippen molar-refractivity contribution in [3.05, 3.63) is 0 Å². The molecule has 3 unspecified atom stereocenters. The molecular weight excluding hydrogens is 228 g/mol. The monoisotopic (exact) mass is 248 g/mol. The Bertz CT molecular complexity index is 355. The summed E-state index contributed by atoms with van der Waals surface area (Å²) in [6.45, 7) is 4.64. The van der Waals surface area contributed by atoms with E-state index in [0.717, 1.165) is 12.8 Å². The number of hydrogen-bond donors (Lipinski definition) is 2. The Hall–Kier alpha value is -0.170. The fourth-order valence-electron chi connectivity index (χ4n) is 2.76. The van der Waals surface area contributed by atoms with E-state index in [0.29, 0.717) is 19.0 Å². The minimum absolute atomic E-state index is 0.0876. The summed E-state index contributed by atoms with van der Waals surface area (Å²) in [6, 6.07) is -0.0876. The van der Waals surface area contributed by atoms with Gasteiger partial charge >= 0.3 is 0 Å². The Morgan fingerprint density at radius 3 is 2.56 bits per heavy atom. The summed E-state index contributed by atoms with van der Waals surface area (Å²) in [6.07, 6.45) is 1.45. The topological polar surface area (TPSA) is 69.6 Å². The average Bonchev–Trinajstić information content (AvgIpc) is 2.66. The Kier molecular flexibility index (Phi) is 3.27. The Morgan fingerprint density at radius 2 is 2.00 bits per heavy atom. The second-order valence-corrected chi connectivity index (χ2v) is 6.87. The Labute approximate surface area is 97.0 Å². The number of rotatable bonds is 3. The van der Waals surface area contributed by atoms with Crippen molar-refractivity contribution >= 4 is 10.2 Å². The Morgan fingerprint density at radius 1 is 1.31 bits per heavy atom. The van der Waals surface area contributed by atoms with Gasteiger partial charge in [0.25, 0.3) is 10.2 Å². The molecule has 0 radical (unpaired) electrons. The van der Waals surface area contributed by atoms with Crippen molar-refractivity contribution in [1.82, 2.24) is 9.03 Å². The summed E-state index contributed by atoms with van der Waals surface area (Å²) >= 11 is 0. The van der Waals surface area contributed by atoms with Crippen LogP contribution >= 0.6 is 0 Å². The lowest BCUT2D eigenvalue weighted by Crippen LogP contribution is -2.43. The molecule has 2 fully saturated rings. The fourth-order valence-corrected chi connectivity index (χ4v) is 4.27. The van der Waals surface area contributed by atoms with Gasteiger partial charge in [-0.1, -0.05) is 0 Å². The van der Waals surface area contributed by atoms with Crippen molar-refractivity contribution in [2.75, 3.05) is 13.1 Å². The van der Waals surface area contributed by atoms with Crippen LogP contribution in [0.3, 0.4) is 0 Å². The molecule has 0 aromatic rings. The zero-order valence-corrected chi connectivity index (χ0v) is 10.6. The minimum atomic E-state index is -3.35. The van der Waals surface area contributed by atoms with E-state index in [1.807, 2.05) is 13.8 Å². The highest BCUT2D eigenvalue weighted by molar-refractivity contribution is 7.87. The van der Waals surface area contributed by atoms with Gasteiger partial charge in [-0.2, -0.15) is 17.4 Å². The summed E-state index contributed by atoms with van der Waals surface area (Å²) in [5.41, 5.74) is 0. The molecule has 6 heteroatoms. The van der Waals surface area contributed by atoms with Crippen LogP contribution in [0.2, 0.25) is 0 Å². The van der Waals surface area contributed by atoms with Crippen LogP contribution in [0.4, 0.5) is 0 Å². The van der Waals surface area contributed by atoms with Gasteiger partial charge in [-0.15, -0.1) is 0 Å². The second kappa shape index (κ2) is 4.25. The van der Waals surface area contributed by atoms with Gasteiger partial charge in [0.2, 0.25) is 0 Å². The first-order valence-corrected chi connectivity index (χ1v) is 7.29. The predicted octanol–water partition coefficient (Wildman–Crippen LogP) is -0.0681. The molecule has 1 aliphatic heterocycles. The molecule has 3 atom stereocenters. The lowest BCUT2D eigenvalue weighted by atomic mass is 10.00. The normalized spacial score (nSPS) is 35.9. The van der Waals surface area contributed by atoms with Gasteiger partial charge in [0, 0.05) is 25.0 Å². The first-order valence-electron chi connectivity index (χ1n) is 5.85. The third-order valence-electron chi connectivity index (χ3n) is 3.51. The molecule has 1 saturated carbocycles. The highest BCUT2D eigenvalue weighted by Crippen LogP contribution is 2.38. The lowest BCUT2D eigenvalue weighted by molar-refractivity contribution is 0.129. The van der Waals surface area contributed by atoms with Crippen LogP contribution in [0.25, 0.3) is 0 Å². The molecule has 0 amide bonds. The van der Waals surface area contributed by atoms with E-state index >= 15 is 0 Å². The van der Waals surface area contributed by atoms with Crippen molar-refractivity contribution in [1.29, 1.82) is 0 Å². The van der Waals surface area contributed by atoms with Crippen LogP contribution in [-0.2, 0) is 10.2 Å². The molecule has 0 aromatic carbocycles. The van der Waals surface area contributed by atoms with E-state index in [1.165, 1.54) is 4.31 Å². The molecule has 2 N–H and O–H groups in total. The van der Waals surface area contributed by atoms with Gasteiger partial charge in [0.15, 0.2) is 0 Å². The van der Waals surface area contributed by atoms with E-state index in [4.69, 9.17) is 0 Å².